The van der Waals surface area contributed by atoms with Gasteiger partial charge >= 0.3 is 0 Å². The standard InChI is InChI=1S/C14H16O6/c15-5-8-2-1-3-9-7-19-14(4-10(8)9)13(18)12(17)11(6-16)20-14/h1-3,5,11-13,16-18H,4,6-7H2/t11-,12-,13+,14-/m1/s1. The van der Waals surface area contributed by atoms with Crippen molar-refractivity contribution in [3.05, 3.63) is 34.9 Å². The highest BCUT2D eigenvalue weighted by molar-refractivity contribution is 5.78. The second-order valence-electron chi connectivity index (χ2n) is 5.15. The monoisotopic (exact) mass is 280 g/mol. The van der Waals surface area contributed by atoms with Gasteiger partial charge in [-0.1, -0.05) is 18.2 Å². The first-order valence-electron chi connectivity index (χ1n) is 6.46. The summed E-state index contributed by atoms with van der Waals surface area (Å²) in [6.45, 7) is -0.232. The number of ether oxygens (including phenoxy) is 2. The van der Waals surface area contributed by atoms with Gasteiger partial charge in [-0.15, -0.1) is 0 Å². The van der Waals surface area contributed by atoms with Crippen LogP contribution in [0.2, 0.25) is 0 Å². The molecule has 0 aromatic heterocycles. The molecule has 2 aliphatic rings. The van der Waals surface area contributed by atoms with E-state index in [-0.39, 0.29) is 13.0 Å². The normalized spacial score (nSPS) is 36.0. The molecule has 3 rings (SSSR count). The molecule has 1 fully saturated rings. The molecule has 108 valence electrons. The second-order valence-corrected chi connectivity index (χ2v) is 5.15. The van der Waals surface area contributed by atoms with Gasteiger partial charge in [-0.2, -0.15) is 0 Å². The van der Waals surface area contributed by atoms with Crippen LogP contribution in [0.25, 0.3) is 0 Å². The minimum atomic E-state index is -1.40. The van der Waals surface area contributed by atoms with Gasteiger partial charge in [0.05, 0.1) is 13.2 Å². The van der Waals surface area contributed by atoms with E-state index >= 15 is 0 Å². The van der Waals surface area contributed by atoms with Crippen LogP contribution in [0.3, 0.4) is 0 Å². The molecule has 4 atom stereocenters. The average Bonchev–Trinajstić information content (AvgIpc) is 2.71. The highest BCUT2D eigenvalue weighted by Crippen LogP contribution is 2.40. The fourth-order valence-electron chi connectivity index (χ4n) is 2.88. The lowest BCUT2D eigenvalue weighted by molar-refractivity contribution is -0.271. The molecule has 3 N–H and O–H groups in total. The summed E-state index contributed by atoms with van der Waals surface area (Å²) in [6, 6.07) is 5.30. The predicted molar refractivity (Wildman–Crippen MR) is 67.0 cm³/mol. The quantitative estimate of drug-likeness (QED) is 0.625. The van der Waals surface area contributed by atoms with Crippen molar-refractivity contribution in [1.82, 2.24) is 0 Å². The minimum absolute atomic E-state index is 0.159. The number of rotatable bonds is 2. The third kappa shape index (κ3) is 1.88. The van der Waals surface area contributed by atoms with E-state index in [9.17, 15) is 15.0 Å². The number of hydrogen-bond donors (Lipinski definition) is 3. The molecule has 0 unspecified atom stereocenters. The fraction of sp³-hybridized carbons (Fsp3) is 0.500. The molecule has 1 saturated heterocycles. The molecule has 20 heavy (non-hydrogen) atoms. The summed E-state index contributed by atoms with van der Waals surface area (Å²) in [5.74, 6) is -1.40. The zero-order chi connectivity index (χ0) is 14.3. The van der Waals surface area contributed by atoms with E-state index in [0.29, 0.717) is 5.56 Å². The Morgan fingerprint density at radius 3 is 2.85 bits per heavy atom. The van der Waals surface area contributed by atoms with Crippen LogP contribution >= 0.6 is 0 Å². The van der Waals surface area contributed by atoms with Gasteiger partial charge in [-0.25, -0.2) is 0 Å². The highest BCUT2D eigenvalue weighted by atomic mass is 16.7. The highest BCUT2D eigenvalue weighted by Gasteiger charge is 2.56. The number of aliphatic hydroxyl groups excluding tert-OH is 3. The Hall–Kier alpha value is -1.31. The molecule has 0 amide bonds. The SMILES string of the molecule is O=Cc1cccc2c1C[C@@]1(OC2)O[C@H](CO)[C@@H](O)[C@@H]1O. The summed E-state index contributed by atoms with van der Waals surface area (Å²) >= 11 is 0. The number of hydrogen-bond acceptors (Lipinski definition) is 6. The van der Waals surface area contributed by atoms with Crippen molar-refractivity contribution in [2.75, 3.05) is 6.61 Å². The minimum Gasteiger partial charge on any atom is -0.394 e. The molecule has 1 aromatic rings. The smallest absolute Gasteiger partial charge is 0.202 e. The number of aldehydes is 1. The first-order valence-corrected chi connectivity index (χ1v) is 6.46. The Morgan fingerprint density at radius 2 is 2.20 bits per heavy atom. The first kappa shape index (κ1) is 13.7. The summed E-state index contributed by atoms with van der Waals surface area (Å²) in [4.78, 5) is 11.1. The molecule has 0 saturated carbocycles. The topological polar surface area (TPSA) is 96.2 Å². The predicted octanol–water partition coefficient (Wildman–Crippen LogP) is -0.619. The lowest BCUT2D eigenvalue weighted by Gasteiger charge is -2.37. The van der Waals surface area contributed by atoms with Crippen LogP contribution in [0.1, 0.15) is 21.5 Å². The summed E-state index contributed by atoms with van der Waals surface area (Å²) < 4.78 is 11.1. The molecule has 0 bridgehead atoms. The van der Waals surface area contributed by atoms with Crippen LogP contribution in [0, 0.1) is 0 Å². The van der Waals surface area contributed by atoms with Crippen LogP contribution in [0.15, 0.2) is 18.2 Å². The van der Waals surface area contributed by atoms with Crippen LogP contribution in [-0.2, 0) is 22.5 Å². The summed E-state index contributed by atoms with van der Waals surface area (Å²) in [5.41, 5.74) is 2.12. The maximum atomic E-state index is 11.1. The van der Waals surface area contributed by atoms with E-state index < -0.39 is 30.7 Å². The number of benzene rings is 1. The van der Waals surface area contributed by atoms with Crippen molar-refractivity contribution in [3.8, 4) is 0 Å². The largest absolute Gasteiger partial charge is 0.394 e. The number of fused-ring (bicyclic) bond motifs is 1. The number of carbonyl (C=O) groups excluding carboxylic acids is 1. The van der Waals surface area contributed by atoms with Gasteiger partial charge < -0.3 is 24.8 Å². The lowest BCUT2D eigenvalue weighted by atomic mass is 9.89. The summed E-state index contributed by atoms with van der Waals surface area (Å²) in [5, 5.41) is 29.2. The van der Waals surface area contributed by atoms with Crippen molar-refractivity contribution >= 4 is 6.29 Å². The van der Waals surface area contributed by atoms with Crippen LogP contribution < -0.4 is 0 Å². The van der Waals surface area contributed by atoms with E-state index in [1.807, 2.05) is 6.07 Å². The van der Waals surface area contributed by atoms with Gasteiger partial charge in [0.15, 0.2) is 0 Å². The van der Waals surface area contributed by atoms with E-state index in [1.54, 1.807) is 12.1 Å². The Labute approximate surface area is 115 Å². The van der Waals surface area contributed by atoms with E-state index in [1.165, 1.54) is 0 Å². The van der Waals surface area contributed by atoms with Crippen molar-refractivity contribution in [2.24, 2.45) is 0 Å². The maximum absolute atomic E-state index is 11.1. The molecular weight excluding hydrogens is 264 g/mol. The van der Waals surface area contributed by atoms with Gasteiger partial charge in [-0.05, 0) is 11.1 Å². The average molecular weight is 280 g/mol. The van der Waals surface area contributed by atoms with Crippen LogP contribution in [0.5, 0.6) is 0 Å². The van der Waals surface area contributed by atoms with Crippen molar-refractivity contribution in [2.45, 2.75) is 37.1 Å². The molecule has 0 aliphatic carbocycles. The third-order valence-electron chi connectivity index (χ3n) is 4.02. The van der Waals surface area contributed by atoms with E-state index in [0.717, 1.165) is 17.4 Å². The van der Waals surface area contributed by atoms with Gasteiger partial charge in [0.1, 0.15) is 24.6 Å². The number of carbonyl (C=O) groups is 1. The van der Waals surface area contributed by atoms with Gasteiger partial charge in [0, 0.05) is 12.0 Å². The second kappa shape index (κ2) is 4.91. The summed E-state index contributed by atoms with van der Waals surface area (Å²) in [6.07, 6.45) is -2.47. The van der Waals surface area contributed by atoms with Crippen LogP contribution in [-0.4, -0.2) is 52.3 Å². The Morgan fingerprint density at radius 1 is 1.40 bits per heavy atom. The maximum Gasteiger partial charge on any atom is 0.202 e. The molecule has 1 aromatic carbocycles. The Bertz CT molecular complexity index is 530. The van der Waals surface area contributed by atoms with E-state index in [4.69, 9.17) is 14.6 Å². The molecule has 2 heterocycles. The van der Waals surface area contributed by atoms with Crippen molar-refractivity contribution in [3.63, 3.8) is 0 Å². The Balaban J connectivity index is 1.97. The fourth-order valence-corrected chi connectivity index (χ4v) is 2.88. The van der Waals surface area contributed by atoms with Gasteiger partial charge in [0.2, 0.25) is 5.79 Å². The van der Waals surface area contributed by atoms with Crippen molar-refractivity contribution in [1.29, 1.82) is 0 Å². The molecule has 6 nitrogen and oxygen atoms in total. The first-order chi connectivity index (χ1) is 9.61. The molecular formula is C14H16O6. The number of aliphatic hydroxyl groups is 3. The third-order valence-corrected chi connectivity index (χ3v) is 4.02. The summed E-state index contributed by atoms with van der Waals surface area (Å²) in [7, 11) is 0. The van der Waals surface area contributed by atoms with E-state index in [2.05, 4.69) is 0 Å². The van der Waals surface area contributed by atoms with Crippen LogP contribution in [0.4, 0.5) is 0 Å². The molecule has 2 aliphatic heterocycles. The zero-order valence-electron chi connectivity index (χ0n) is 10.7. The van der Waals surface area contributed by atoms with Crippen molar-refractivity contribution < 1.29 is 29.6 Å². The molecule has 6 heteroatoms. The molecule has 0 radical (unpaired) electrons. The van der Waals surface area contributed by atoms with Gasteiger partial charge in [-0.3, -0.25) is 4.79 Å². The zero-order valence-corrected chi connectivity index (χ0v) is 10.7. The Kier molecular flexibility index (Phi) is 3.35. The molecule has 1 spiro atoms. The van der Waals surface area contributed by atoms with Gasteiger partial charge in [0.25, 0.3) is 0 Å². The lowest BCUT2D eigenvalue weighted by Crippen LogP contribution is -2.49.